The molecule has 1 atom stereocenters. The molecule has 0 radical (unpaired) electrons. The van der Waals surface area contributed by atoms with Gasteiger partial charge in [-0.15, -0.1) is 11.3 Å². The van der Waals surface area contributed by atoms with Crippen molar-refractivity contribution in [3.8, 4) is 0 Å². The second-order valence-electron chi connectivity index (χ2n) is 6.78. The minimum absolute atomic E-state index is 0.787. The molecular formula is C17H29N3S. The summed E-state index contributed by atoms with van der Waals surface area (Å²) in [4.78, 5) is 8.99. The lowest BCUT2D eigenvalue weighted by Crippen LogP contribution is -2.35. The molecule has 0 spiro atoms. The summed E-state index contributed by atoms with van der Waals surface area (Å²) >= 11 is 1.94. The molecule has 3 nitrogen and oxygen atoms in total. The first-order chi connectivity index (χ1) is 10.2. The van der Waals surface area contributed by atoms with E-state index in [1.165, 1.54) is 60.9 Å². The smallest absolute Gasteiger partial charge is 0.0944 e. The number of aromatic nitrogens is 1. The predicted octanol–water partition coefficient (Wildman–Crippen LogP) is 3.23. The van der Waals surface area contributed by atoms with Crippen molar-refractivity contribution in [1.29, 1.82) is 0 Å². The van der Waals surface area contributed by atoms with Crippen LogP contribution in [0.25, 0.3) is 0 Å². The van der Waals surface area contributed by atoms with Crippen molar-refractivity contribution in [3.63, 3.8) is 0 Å². The van der Waals surface area contributed by atoms with Crippen molar-refractivity contribution in [1.82, 2.24) is 15.2 Å². The van der Waals surface area contributed by atoms with Crippen molar-refractivity contribution in [3.05, 3.63) is 15.6 Å². The highest BCUT2D eigenvalue weighted by molar-refractivity contribution is 7.11. The molecule has 1 unspecified atom stereocenters. The van der Waals surface area contributed by atoms with Gasteiger partial charge in [0.1, 0.15) is 0 Å². The lowest BCUT2D eigenvalue weighted by molar-refractivity contribution is 0.186. The highest BCUT2D eigenvalue weighted by atomic mass is 32.1. The summed E-state index contributed by atoms with van der Waals surface area (Å²) in [5, 5.41) is 4.98. The number of rotatable bonds is 7. The van der Waals surface area contributed by atoms with E-state index in [-0.39, 0.29) is 0 Å². The first kappa shape index (κ1) is 15.4. The molecule has 1 aromatic rings. The Hall–Kier alpha value is -0.450. The first-order valence-electron chi connectivity index (χ1n) is 8.67. The number of nitrogens with one attached hydrogen (secondary N) is 1. The van der Waals surface area contributed by atoms with Crippen LogP contribution < -0.4 is 5.32 Å². The Bertz CT molecular complexity index is 453. The molecule has 1 N–H and O–H groups in total. The predicted molar refractivity (Wildman–Crippen MR) is 89.9 cm³/mol. The zero-order chi connectivity index (χ0) is 14.7. The van der Waals surface area contributed by atoms with E-state index in [2.05, 4.69) is 24.1 Å². The molecule has 1 saturated carbocycles. The number of nitrogens with zero attached hydrogens (tertiary/aromatic N) is 2. The molecule has 0 amide bonds. The Morgan fingerprint density at radius 3 is 2.90 bits per heavy atom. The minimum atomic E-state index is 0.787. The lowest BCUT2D eigenvalue weighted by Gasteiger charge is -2.30. The maximum atomic E-state index is 4.88. The number of likely N-dealkylation sites (tertiary alicyclic amines) is 1. The number of hydrogen-bond donors (Lipinski definition) is 1. The van der Waals surface area contributed by atoms with Gasteiger partial charge in [-0.05, 0) is 44.6 Å². The van der Waals surface area contributed by atoms with E-state index in [1.807, 2.05) is 11.3 Å². The van der Waals surface area contributed by atoms with Crippen LogP contribution in [0.3, 0.4) is 0 Å². The van der Waals surface area contributed by atoms with E-state index in [4.69, 9.17) is 4.98 Å². The lowest BCUT2D eigenvalue weighted by atomic mass is 10.0. The van der Waals surface area contributed by atoms with Crippen LogP contribution in [0.4, 0.5) is 0 Å². The molecule has 1 aliphatic carbocycles. The van der Waals surface area contributed by atoms with Crippen LogP contribution in [0.5, 0.6) is 0 Å². The Morgan fingerprint density at radius 1 is 1.33 bits per heavy atom. The van der Waals surface area contributed by atoms with Crippen LogP contribution in [-0.2, 0) is 19.4 Å². The molecule has 0 bridgehead atoms. The van der Waals surface area contributed by atoms with Gasteiger partial charge in [0.2, 0.25) is 0 Å². The minimum Gasteiger partial charge on any atom is -0.309 e. The van der Waals surface area contributed by atoms with Crippen LogP contribution in [0.15, 0.2) is 0 Å². The largest absolute Gasteiger partial charge is 0.309 e. The SMILES string of the molecule is CCc1nc(CCN2CCCC(C)C2)sc1CNC1CC1. The van der Waals surface area contributed by atoms with Gasteiger partial charge in [-0.1, -0.05) is 13.8 Å². The quantitative estimate of drug-likeness (QED) is 0.838. The van der Waals surface area contributed by atoms with Crippen LogP contribution in [0.2, 0.25) is 0 Å². The van der Waals surface area contributed by atoms with Crippen molar-refractivity contribution in [2.45, 2.75) is 65.0 Å². The third-order valence-corrected chi connectivity index (χ3v) is 5.83. The fourth-order valence-electron chi connectivity index (χ4n) is 3.23. The van der Waals surface area contributed by atoms with Gasteiger partial charge >= 0.3 is 0 Å². The highest BCUT2D eigenvalue weighted by Gasteiger charge is 2.21. The van der Waals surface area contributed by atoms with Crippen molar-refractivity contribution in [2.75, 3.05) is 19.6 Å². The molecule has 0 aromatic carbocycles. The molecule has 1 aromatic heterocycles. The molecule has 1 saturated heterocycles. The van der Waals surface area contributed by atoms with Gasteiger partial charge in [-0.25, -0.2) is 4.98 Å². The second kappa shape index (κ2) is 7.21. The summed E-state index contributed by atoms with van der Waals surface area (Å²) in [7, 11) is 0. The highest BCUT2D eigenvalue weighted by Crippen LogP contribution is 2.24. The first-order valence-corrected chi connectivity index (χ1v) is 9.49. The van der Waals surface area contributed by atoms with Gasteiger partial charge in [0.05, 0.1) is 10.7 Å². The number of hydrogen-bond acceptors (Lipinski definition) is 4. The van der Waals surface area contributed by atoms with E-state index in [0.717, 1.165) is 31.3 Å². The monoisotopic (exact) mass is 307 g/mol. The van der Waals surface area contributed by atoms with Crippen molar-refractivity contribution < 1.29 is 0 Å². The van der Waals surface area contributed by atoms with E-state index in [0.29, 0.717) is 0 Å². The summed E-state index contributed by atoms with van der Waals surface area (Å²) in [6.45, 7) is 9.40. The topological polar surface area (TPSA) is 28.2 Å². The summed E-state index contributed by atoms with van der Waals surface area (Å²) in [5.74, 6) is 0.875. The third-order valence-electron chi connectivity index (χ3n) is 4.67. The third kappa shape index (κ3) is 4.51. The standard InChI is InChI=1S/C17H29N3S/c1-3-15-16(11-18-14-6-7-14)21-17(19-15)8-10-20-9-4-5-13(2)12-20/h13-14,18H,3-12H2,1-2H3. The normalized spacial score (nSPS) is 23.6. The molecule has 21 heavy (non-hydrogen) atoms. The maximum Gasteiger partial charge on any atom is 0.0944 e. The van der Waals surface area contributed by atoms with Gasteiger partial charge < -0.3 is 10.2 Å². The van der Waals surface area contributed by atoms with Crippen LogP contribution >= 0.6 is 11.3 Å². The van der Waals surface area contributed by atoms with Gasteiger partial charge in [-0.3, -0.25) is 0 Å². The Kier molecular flexibility index (Phi) is 5.30. The van der Waals surface area contributed by atoms with E-state index in [1.54, 1.807) is 0 Å². The van der Waals surface area contributed by atoms with E-state index >= 15 is 0 Å². The second-order valence-corrected chi connectivity index (χ2v) is 7.95. The fraction of sp³-hybridized carbons (Fsp3) is 0.824. The average molecular weight is 308 g/mol. The maximum absolute atomic E-state index is 4.88. The molecule has 2 aliphatic rings. The summed E-state index contributed by atoms with van der Waals surface area (Å²) < 4.78 is 0. The Balaban J connectivity index is 1.51. The van der Waals surface area contributed by atoms with Gasteiger partial charge in [-0.2, -0.15) is 0 Å². The van der Waals surface area contributed by atoms with Crippen LogP contribution in [-0.4, -0.2) is 35.6 Å². The van der Waals surface area contributed by atoms with E-state index < -0.39 is 0 Å². The van der Waals surface area contributed by atoms with Crippen molar-refractivity contribution >= 4 is 11.3 Å². The van der Waals surface area contributed by atoms with Gasteiger partial charge in [0, 0.05) is 37.0 Å². The van der Waals surface area contributed by atoms with Gasteiger partial charge in [0.25, 0.3) is 0 Å². The zero-order valence-electron chi connectivity index (χ0n) is 13.5. The van der Waals surface area contributed by atoms with Gasteiger partial charge in [0.15, 0.2) is 0 Å². The van der Waals surface area contributed by atoms with Crippen molar-refractivity contribution in [2.24, 2.45) is 5.92 Å². The molecule has 1 aliphatic heterocycles. The summed E-state index contributed by atoms with van der Waals surface area (Å²) in [6, 6.07) is 0.787. The Labute approximate surface area is 133 Å². The number of piperidine rings is 1. The Morgan fingerprint density at radius 2 is 2.19 bits per heavy atom. The summed E-state index contributed by atoms with van der Waals surface area (Å²) in [6.07, 6.45) is 7.70. The fourth-order valence-corrected chi connectivity index (χ4v) is 4.32. The molecule has 2 heterocycles. The molecular weight excluding hydrogens is 278 g/mol. The zero-order valence-corrected chi connectivity index (χ0v) is 14.3. The summed E-state index contributed by atoms with van der Waals surface area (Å²) in [5.41, 5.74) is 1.33. The molecule has 3 rings (SSSR count). The molecule has 118 valence electrons. The molecule has 4 heteroatoms. The molecule has 2 fully saturated rings. The average Bonchev–Trinajstić information content (AvgIpc) is 3.23. The number of aryl methyl sites for hydroxylation is 1. The number of thiazole rings is 1. The van der Waals surface area contributed by atoms with Crippen LogP contribution in [0, 0.1) is 5.92 Å². The van der Waals surface area contributed by atoms with Crippen LogP contribution in [0.1, 0.15) is 55.1 Å². The van der Waals surface area contributed by atoms with E-state index in [9.17, 15) is 0 Å².